The molecule has 1 heterocycles. The predicted octanol–water partition coefficient (Wildman–Crippen LogP) is 1.28. The summed E-state index contributed by atoms with van der Waals surface area (Å²) in [4.78, 5) is 10.8. The maximum absolute atomic E-state index is 10.8. The van der Waals surface area contributed by atoms with Crippen LogP contribution in [0.2, 0.25) is 0 Å². The van der Waals surface area contributed by atoms with Gasteiger partial charge >= 0.3 is 0 Å². The first kappa shape index (κ1) is 8.75. The predicted molar refractivity (Wildman–Crippen MR) is 46.4 cm³/mol. The Morgan fingerprint density at radius 3 is 3.17 bits per heavy atom. The number of nitrogens with one attached hydrogen (secondary N) is 1. The second-order valence-corrected chi connectivity index (χ2v) is 3.02. The van der Waals surface area contributed by atoms with Crippen LogP contribution in [0.4, 0.5) is 0 Å². The van der Waals surface area contributed by atoms with E-state index in [0.717, 1.165) is 5.56 Å². The van der Waals surface area contributed by atoms with Crippen LogP contribution in [-0.4, -0.2) is 5.91 Å². The minimum Gasteiger partial charge on any atom is -0.351 e. The summed E-state index contributed by atoms with van der Waals surface area (Å²) in [5, 5.41) is 14.7. The first-order chi connectivity index (χ1) is 5.83. The van der Waals surface area contributed by atoms with Gasteiger partial charge in [-0.25, -0.2) is 0 Å². The lowest BCUT2D eigenvalue weighted by Gasteiger charge is -1.98. The molecule has 0 fully saturated rings. The van der Waals surface area contributed by atoms with Crippen molar-refractivity contribution in [1.82, 2.24) is 5.32 Å². The highest BCUT2D eigenvalue weighted by atomic mass is 32.1. The largest absolute Gasteiger partial charge is 0.351 e. The molecule has 1 N–H and O–H groups in total. The number of carbonyl (C=O) groups is 1. The fourth-order valence-corrected chi connectivity index (χ4v) is 1.40. The van der Waals surface area contributed by atoms with Gasteiger partial charge in [0.05, 0.1) is 6.07 Å². The molecule has 1 amide bonds. The number of nitriles is 1. The average Bonchev–Trinajstić information content (AvgIpc) is 2.53. The number of rotatable bonds is 3. The Morgan fingerprint density at radius 2 is 2.58 bits per heavy atom. The Kier molecular flexibility index (Phi) is 3.30. The molecule has 0 aromatic carbocycles. The second kappa shape index (κ2) is 4.52. The van der Waals surface area contributed by atoms with E-state index in [4.69, 9.17) is 5.26 Å². The number of carbonyl (C=O) groups excluding carboxylic acids is 1. The van der Waals surface area contributed by atoms with Crippen LogP contribution < -0.4 is 5.32 Å². The van der Waals surface area contributed by atoms with Gasteiger partial charge in [0.25, 0.3) is 0 Å². The molecule has 0 aliphatic carbocycles. The Balaban J connectivity index is 2.28. The molecule has 0 aliphatic rings. The zero-order valence-electron chi connectivity index (χ0n) is 6.41. The fourth-order valence-electron chi connectivity index (χ4n) is 0.728. The molecule has 0 saturated heterocycles. The molecular formula is C8H8N2OS. The highest BCUT2D eigenvalue weighted by molar-refractivity contribution is 7.07. The Morgan fingerprint density at radius 1 is 1.75 bits per heavy atom. The van der Waals surface area contributed by atoms with Crippen LogP contribution in [0.5, 0.6) is 0 Å². The number of hydrogen-bond donors (Lipinski definition) is 1. The van der Waals surface area contributed by atoms with E-state index in [0.29, 0.717) is 6.54 Å². The smallest absolute Gasteiger partial charge is 0.234 e. The fraction of sp³-hybridized carbons (Fsp3) is 0.250. The molecule has 1 aromatic rings. The molecular weight excluding hydrogens is 172 g/mol. The minimum atomic E-state index is -0.219. The molecule has 4 heteroatoms. The highest BCUT2D eigenvalue weighted by Crippen LogP contribution is 2.04. The quantitative estimate of drug-likeness (QED) is 0.761. The van der Waals surface area contributed by atoms with E-state index < -0.39 is 0 Å². The number of hydrogen-bond acceptors (Lipinski definition) is 3. The van der Waals surface area contributed by atoms with Gasteiger partial charge in [-0.15, -0.1) is 0 Å². The van der Waals surface area contributed by atoms with Crippen molar-refractivity contribution < 1.29 is 4.79 Å². The van der Waals surface area contributed by atoms with Gasteiger partial charge in [-0.1, -0.05) is 0 Å². The van der Waals surface area contributed by atoms with E-state index in [2.05, 4.69) is 5.32 Å². The summed E-state index contributed by atoms with van der Waals surface area (Å²) >= 11 is 1.59. The molecule has 0 spiro atoms. The van der Waals surface area contributed by atoms with Crippen molar-refractivity contribution in [1.29, 1.82) is 5.26 Å². The zero-order valence-corrected chi connectivity index (χ0v) is 7.23. The molecule has 1 rings (SSSR count). The summed E-state index contributed by atoms with van der Waals surface area (Å²) in [6.07, 6.45) is -0.0653. The Bertz CT molecular complexity index is 287. The second-order valence-electron chi connectivity index (χ2n) is 2.24. The number of amides is 1. The Hall–Kier alpha value is -1.34. The zero-order chi connectivity index (χ0) is 8.81. The van der Waals surface area contributed by atoms with Gasteiger partial charge in [-0.05, 0) is 22.4 Å². The first-order valence-electron chi connectivity index (χ1n) is 3.47. The van der Waals surface area contributed by atoms with E-state index >= 15 is 0 Å². The van der Waals surface area contributed by atoms with Gasteiger partial charge < -0.3 is 5.32 Å². The van der Waals surface area contributed by atoms with Crippen molar-refractivity contribution in [3.8, 4) is 6.07 Å². The van der Waals surface area contributed by atoms with Gasteiger partial charge in [0, 0.05) is 6.54 Å². The van der Waals surface area contributed by atoms with Gasteiger partial charge in [-0.2, -0.15) is 16.6 Å². The van der Waals surface area contributed by atoms with Crippen LogP contribution in [0.15, 0.2) is 16.8 Å². The van der Waals surface area contributed by atoms with Gasteiger partial charge in [0.1, 0.15) is 6.42 Å². The SMILES string of the molecule is N#CCC(=O)NCc1ccsc1. The van der Waals surface area contributed by atoms with Crippen molar-refractivity contribution in [3.63, 3.8) is 0 Å². The van der Waals surface area contributed by atoms with Crippen LogP contribution >= 0.6 is 11.3 Å². The molecule has 3 nitrogen and oxygen atoms in total. The van der Waals surface area contributed by atoms with E-state index in [9.17, 15) is 4.79 Å². The molecule has 62 valence electrons. The van der Waals surface area contributed by atoms with Crippen molar-refractivity contribution in [3.05, 3.63) is 22.4 Å². The molecule has 0 unspecified atom stereocenters. The third-order valence-corrected chi connectivity index (χ3v) is 2.04. The van der Waals surface area contributed by atoms with Gasteiger partial charge in [0.15, 0.2) is 0 Å². The molecule has 0 saturated carbocycles. The summed E-state index contributed by atoms with van der Waals surface area (Å²) < 4.78 is 0. The lowest BCUT2D eigenvalue weighted by atomic mass is 10.3. The van der Waals surface area contributed by atoms with E-state index in [1.807, 2.05) is 16.8 Å². The summed E-state index contributed by atoms with van der Waals surface area (Å²) in [6, 6.07) is 3.73. The highest BCUT2D eigenvalue weighted by Gasteiger charge is 1.98. The maximum atomic E-state index is 10.8. The number of nitrogens with zero attached hydrogens (tertiary/aromatic N) is 1. The molecule has 0 radical (unpaired) electrons. The maximum Gasteiger partial charge on any atom is 0.234 e. The van der Waals surface area contributed by atoms with E-state index in [1.165, 1.54) is 0 Å². The van der Waals surface area contributed by atoms with Crippen molar-refractivity contribution >= 4 is 17.2 Å². The van der Waals surface area contributed by atoms with Crippen molar-refractivity contribution in [2.75, 3.05) is 0 Å². The van der Waals surface area contributed by atoms with Gasteiger partial charge in [0.2, 0.25) is 5.91 Å². The standard InChI is InChI=1S/C8H8N2OS/c9-3-1-8(11)10-5-7-2-4-12-6-7/h2,4,6H,1,5H2,(H,10,11). The van der Waals surface area contributed by atoms with E-state index in [-0.39, 0.29) is 12.3 Å². The van der Waals surface area contributed by atoms with Crippen molar-refractivity contribution in [2.24, 2.45) is 0 Å². The molecule has 1 aromatic heterocycles. The third-order valence-electron chi connectivity index (χ3n) is 1.31. The molecule has 12 heavy (non-hydrogen) atoms. The van der Waals surface area contributed by atoms with Crippen LogP contribution in [0.1, 0.15) is 12.0 Å². The molecule has 0 atom stereocenters. The molecule has 0 aliphatic heterocycles. The minimum absolute atomic E-state index is 0.0653. The third kappa shape index (κ3) is 2.72. The molecule has 0 bridgehead atoms. The van der Waals surface area contributed by atoms with Crippen LogP contribution in [0.3, 0.4) is 0 Å². The lowest BCUT2D eigenvalue weighted by molar-refractivity contribution is -0.120. The van der Waals surface area contributed by atoms with Crippen LogP contribution in [-0.2, 0) is 11.3 Å². The lowest BCUT2D eigenvalue weighted by Crippen LogP contribution is -2.21. The Labute approximate surface area is 74.6 Å². The van der Waals surface area contributed by atoms with Crippen LogP contribution in [0, 0.1) is 11.3 Å². The summed E-state index contributed by atoms with van der Waals surface area (Å²) in [5.41, 5.74) is 1.08. The topological polar surface area (TPSA) is 52.9 Å². The number of thiophene rings is 1. The first-order valence-corrected chi connectivity index (χ1v) is 4.42. The van der Waals surface area contributed by atoms with E-state index in [1.54, 1.807) is 17.4 Å². The summed E-state index contributed by atoms with van der Waals surface area (Å²) in [5.74, 6) is -0.219. The monoisotopic (exact) mass is 180 g/mol. The van der Waals surface area contributed by atoms with Gasteiger partial charge in [-0.3, -0.25) is 4.79 Å². The summed E-state index contributed by atoms with van der Waals surface area (Å²) in [6.45, 7) is 0.518. The van der Waals surface area contributed by atoms with Crippen molar-refractivity contribution in [2.45, 2.75) is 13.0 Å². The van der Waals surface area contributed by atoms with Crippen LogP contribution in [0.25, 0.3) is 0 Å². The normalized spacial score (nSPS) is 8.92. The average molecular weight is 180 g/mol. The summed E-state index contributed by atoms with van der Waals surface area (Å²) in [7, 11) is 0.